The highest BCUT2D eigenvalue weighted by Crippen LogP contribution is 2.44. The largest absolute Gasteiger partial charge is 0.453 e. The van der Waals surface area contributed by atoms with Crippen LogP contribution in [0.3, 0.4) is 0 Å². The summed E-state index contributed by atoms with van der Waals surface area (Å²) in [6.45, 7) is 3.85. The van der Waals surface area contributed by atoms with Crippen LogP contribution in [-0.4, -0.2) is 42.1 Å². The maximum atomic E-state index is 13.8. The van der Waals surface area contributed by atoms with Gasteiger partial charge in [0.2, 0.25) is 5.91 Å². The average Bonchev–Trinajstić information content (AvgIpc) is 3.06. The quantitative estimate of drug-likeness (QED) is 0.781. The molecule has 2 fully saturated rings. The minimum Gasteiger partial charge on any atom is -0.453 e. The van der Waals surface area contributed by atoms with Crippen molar-refractivity contribution >= 4 is 23.4 Å². The van der Waals surface area contributed by atoms with Gasteiger partial charge in [-0.15, -0.1) is 0 Å². The zero-order valence-corrected chi connectivity index (χ0v) is 17.9. The van der Waals surface area contributed by atoms with Gasteiger partial charge in [-0.2, -0.15) is 0 Å². The van der Waals surface area contributed by atoms with E-state index in [-0.39, 0.29) is 23.3 Å². The summed E-state index contributed by atoms with van der Waals surface area (Å²) in [5.41, 5.74) is 2.27. The highest BCUT2D eigenvalue weighted by atomic mass is 19.1. The second kappa shape index (κ2) is 8.67. The van der Waals surface area contributed by atoms with E-state index >= 15 is 0 Å². The second-order valence-corrected chi connectivity index (χ2v) is 8.52. The number of nitrogens with one attached hydrogen (secondary N) is 1. The van der Waals surface area contributed by atoms with Gasteiger partial charge in [-0.05, 0) is 62.1 Å². The Morgan fingerprint density at radius 3 is 2.68 bits per heavy atom. The minimum absolute atomic E-state index is 0.0833. The molecule has 0 radical (unpaired) electrons. The predicted octanol–water partition coefficient (Wildman–Crippen LogP) is 4.55. The summed E-state index contributed by atoms with van der Waals surface area (Å²) in [5.74, 6) is -0.233. The lowest BCUT2D eigenvalue weighted by molar-refractivity contribution is -0.117. The second-order valence-electron chi connectivity index (χ2n) is 8.52. The zero-order chi connectivity index (χ0) is 22.0. The monoisotopic (exact) mass is 425 g/mol. The van der Waals surface area contributed by atoms with Crippen molar-refractivity contribution in [2.45, 2.75) is 50.7 Å². The van der Waals surface area contributed by atoms with E-state index in [4.69, 9.17) is 0 Å². The number of nitrogens with zero attached hydrogens (tertiary/aromatic N) is 2. The highest BCUT2D eigenvalue weighted by molar-refractivity contribution is 5.97. The lowest BCUT2D eigenvalue weighted by Gasteiger charge is -2.48. The van der Waals surface area contributed by atoms with Crippen molar-refractivity contribution in [2.75, 3.05) is 23.9 Å². The number of likely N-dealkylation sites (tertiary alicyclic amines) is 1. The summed E-state index contributed by atoms with van der Waals surface area (Å²) in [7, 11) is 1.33. The molecule has 31 heavy (non-hydrogen) atoms. The summed E-state index contributed by atoms with van der Waals surface area (Å²) in [6.07, 6.45) is 2.56. The molecule has 6 nitrogen and oxygen atoms in total. The number of rotatable bonds is 4. The third kappa shape index (κ3) is 4.42. The fourth-order valence-corrected chi connectivity index (χ4v) is 4.98. The van der Waals surface area contributed by atoms with Crippen LogP contribution in [0.5, 0.6) is 0 Å². The number of hydrogen-bond donors (Lipinski definition) is 1. The summed E-state index contributed by atoms with van der Waals surface area (Å²) in [5, 5.41) is 2.65. The molecular weight excluding hydrogens is 397 g/mol. The predicted molar refractivity (Wildman–Crippen MR) is 117 cm³/mol. The summed E-state index contributed by atoms with van der Waals surface area (Å²) in [6, 6.07) is 14.4. The van der Waals surface area contributed by atoms with Crippen LogP contribution < -0.4 is 10.2 Å². The van der Waals surface area contributed by atoms with E-state index in [1.54, 1.807) is 6.07 Å². The number of carbonyl (C=O) groups is 2. The Labute approximate surface area is 182 Å². The molecule has 0 aliphatic carbocycles. The molecule has 2 amide bonds. The minimum atomic E-state index is -0.489. The molecule has 2 atom stereocenters. The normalized spacial score (nSPS) is 23.9. The molecule has 0 saturated carbocycles. The molecule has 2 aliphatic heterocycles. The maximum absolute atomic E-state index is 13.8. The molecule has 164 valence electrons. The molecular formula is C24H28FN3O3. The Kier molecular flexibility index (Phi) is 5.96. The van der Waals surface area contributed by atoms with Crippen LogP contribution in [0.15, 0.2) is 48.5 Å². The van der Waals surface area contributed by atoms with Gasteiger partial charge in [0.05, 0.1) is 12.6 Å². The van der Waals surface area contributed by atoms with E-state index in [0.29, 0.717) is 17.8 Å². The molecule has 2 saturated heterocycles. The molecule has 7 heteroatoms. The van der Waals surface area contributed by atoms with Crippen molar-refractivity contribution in [2.24, 2.45) is 0 Å². The van der Waals surface area contributed by atoms with E-state index in [0.717, 1.165) is 37.9 Å². The zero-order valence-electron chi connectivity index (χ0n) is 17.9. The van der Waals surface area contributed by atoms with Crippen molar-refractivity contribution in [1.82, 2.24) is 4.90 Å². The Balaban J connectivity index is 1.44. The first-order chi connectivity index (χ1) is 14.9. The SMILES string of the molecule is COC(=O)Nc1ccc(CN2CC[C@@]3(CCC(=O)N3c3cccc(F)c3)C[C@H]2C)cc1. The molecule has 1 spiro atoms. The van der Waals surface area contributed by atoms with E-state index in [9.17, 15) is 14.0 Å². The number of halogens is 1. The van der Waals surface area contributed by atoms with Gasteiger partial charge in [0, 0.05) is 36.9 Å². The van der Waals surface area contributed by atoms with Gasteiger partial charge in [-0.1, -0.05) is 18.2 Å². The number of carbonyl (C=O) groups excluding carboxylic acids is 2. The topological polar surface area (TPSA) is 61.9 Å². The van der Waals surface area contributed by atoms with Crippen LogP contribution in [-0.2, 0) is 16.1 Å². The molecule has 0 bridgehead atoms. The fraction of sp³-hybridized carbons (Fsp3) is 0.417. The van der Waals surface area contributed by atoms with E-state index < -0.39 is 6.09 Å². The van der Waals surface area contributed by atoms with Gasteiger partial charge in [0.15, 0.2) is 0 Å². The van der Waals surface area contributed by atoms with Crippen LogP contribution in [0.4, 0.5) is 20.6 Å². The molecule has 0 aromatic heterocycles. The van der Waals surface area contributed by atoms with Crippen molar-refractivity contribution in [3.8, 4) is 0 Å². The summed E-state index contributed by atoms with van der Waals surface area (Å²) in [4.78, 5) is 28.3. The van der Waals surface area contributed by atoms with Gasteiger partial charge in [0.1, 0.15) is 5.82 Å². The number of amides is 2. The number of benzene rings is 2. The number of ether oxygens (including phenoxy) is 1. The van der Waals surface area contributed by atoms with Crippen LogP contribution in [0, 0.1) is 5.82 Å². The van der Waals surface area contributed by atoms with Gasteiger partial charge in [-0.25, -0.2) is 9.18 Å². The van der Waals surface area contributed by atoms with Crippen molar-refractivity contribution in [1.29, 1.82) is 0 Å². The third-order valence-electron chi connectivity index (χ3n) is 6.53. The first kappa shape index (κ1) is 21.3. The molecule has 4 rings (SSSR count). The third-order valence-corrected chi connectivity index (χ3v) is 6.53. The molecule has 2 aliphatic rings. The highest BCUT2D eigenvalue weighted by Gasteiger charge is 2.49. The Bertz CT molecular complexity index is 965. The molecule has 2 aromatic rings. The lowest BCUT2D eigenvalue weighted by Crippen LogP contribution is -2.56. The van der Waals surface area contributed by atoms with Gasteiger partial charge in [-0.3, -0.25) is 15.0 Å². The standard InChI is InChI=1S/C24H28FN3O3/c1-17-15-24(11-10-22(29)28(24)21-5-3-4-19(25)14-21)12-13-27(17)16-18-6-8-20(9-7-18)26-23(30)31-2/h3-9,14,17H,10-13,15-16H2,1-2H3,(H,26,30)/t17-,24+/m1/s1. The Morgan fingerprint density at radius 1 is 1.23 bits per heavy atom. The van der Waals surface area contributed by atoms with Crippen LogP contribution in [0.1, 0.15) is 38.2 Å². The Hall–Kier alpha value is -2.93. The molecule has 0 unspecified atom stereocenters. The first-order valence-corrected chi connectivity index (χ1v) is 10.7. The molecule has 2 heterocycles. The van der Waals surface area contributed by atoms with Gasteiger partial charge < -0.3 is 9.64 Å². The molecule has 1 N–H and O–H groups in total. The fourth-order valence-electron chi connectivity index (χ4n) is 4.98. The van der Waals surface area contributed by atoms with Crippen molar-refractivity contribution in [3.63, 3.8) is 0 Å². The van der Waals surface area contributed by atoms with Crippen LogP contribution in [0.2, 0.25) is 0 Å². The number of hydrogen-bond acceptors (Lipinski definition) is 4. The van der Waals surface area contributed by atoms with Gasteiger partial charge in [0.25, 0.3) is 0 Å². The Morgan fingerprint density at radius 2 is 2.00 bits per heavy atom. The lowest BCUT2D eigenvalue weighted by atomic mass is 9.81. The molecule has 2 aromatic carbocycles. The van der Waals surface area contributed by atoms with E-state index in [1.165, 1.54) is 19.2 Å². The number of methoxy groups -OCH3 is 1. The smallest absolute Gasteiger partial charge is 0.411 e. The van der Waals surface area contributed by atoms with Gasteiger partial charge >= 0.3 is 6.09 Å². The van der Waals surface area contributed by atoms with E-state index in [1.807, 2.05) is 35.2 Å². The first-order valence-electron chi connectivity index (χ1n) is 10.7. The number of piperidine rings is 1. The van der Waals surface area contributed by atoms with Crippen molar-refractivity contribution in [3.05, 3.63) is 59.9 Å². The average molecular weight is 426 g/mol. The van der Waals surface area contributed by atoms with Crippen LogP contribution >= 0.6 is 0 Å². The van der Waals surface area contributed by atoms with Crippen LogP contribution in [0.25, 0.3) is 0 Å². The number of anilines is 2. The summed E-state index contributed by atoms with van der Waals surface area (Å²) < 4.78 is 18.4. The van der Waals surface area contributed by atoms with E-state index in [2.05, 4.69) is 21.9 Å². The summed E-state index contributed by atoms with van der Waals surface area (Å²) >= 11 is 0. The maximum Gasteiger partial charge on any atom is 0.411 e. The van der Waals surface area contributed by atoms with Crippen molar-refractivity contribution < 1.29 is 18.7 Å².